The van der Waals surface area contributed by atoms with Crippen LogP contribution in [0.5, 0.6) is 5.75 Å². The first kappa shape index (κ1) is 22.1. The number of nitrogens with zero attached hydrogens (tertiary/aromatic N) is 2. The zero-order valence-corrected chi connectivity index (χ0v) is 17.4. The number of alkyl halides is 2. The smallest absolute Gasteiger partial charge is 0.180 e. The molecule has 0 bridgehead atoms. The first-order valence-corrected chi connectivity index (χ1v) is 9.74. The molecule has 1 atom stereocenters. The lowest BCUT2D eigenvalue weighted by Crippen LogP contribution is -2.47. The van der Waals surface area contributed by atoms with Gasteiger partial charge in [-0.1, -0.05) is 12.1 Å². The summed E-state index contributed by atoms with van der Waals surface area (Å²) in [6.07, 6.45) is 1.66. The Bertz CT molecular complexity index is 1010. The Morgan fingerprint density at radius 2 is 2.03 bits per heavy atom. The minimum atomic E-state index is -0.968. The Balaban J connectivity index is 1.90. The number of halogens is 3. The topological polar surface area (TPSA) is 64.6 Å². The highest BCUT2D eigenvalue weighted by atomic mass is 19.1. The molecule has 0 saturated carbocycles. The summed E-state index contributed by atoms with van der Waals surface area (Å²) in [4.78, 5) is 4.56. The normalized spacial score (nSPS) is 13.6. The van der Waals surface area contributed by atoms with Gasteiger partial charge in [-0.2, -0.15) is 0 Å². The zero-order valence-electron chi connectivity index (χ0n) is 17.4. The number of aromatic nitrogens is 2. The van der Waals surface area contributed by atoms with Crippen molar-refractivity contribution in [3.05, 3.63) is 64.4 Å². The first-order chi connectivity index (χ1) is 14.3. The molecule has 5 nitrogen and oxygen atoms in total. The third-order valence-corrected chi connectivity index (χ3v) is 5.05. The van der Waals surface area contributed by atoms with Crippen molar-refractivity contribution >= 4 is 5.65 Å². The number of benzene rings is 1. The zero-order chi connectivity index (χ0) is 21.9. The van der Waals surface area contributed by atoms with E-state index < -0.39 is 18.9 Å². The molecule has 1 aromatic carbocycles. The summed E-state index contributed by atoms with van der Waals surface area (Å²) >= 11 is 0. The standard InChI is InChI=1S/C22H27F3N4O/c1-14-5-4-6-18(25)17(14)11-30-20-7-16(8-23)10-29-19(15(2)28-21(20)29)9-27-13-22(3,26)12-24/h4-7,10,27H,8-9,11-13,26H2,1-3H3. The molecule has 0 amide bonds. The highest BCUT2D eigenvalue weighted by molar-refractivity contribution is 5.57. The highest BCUT2D eigenvalue weighted by Crippen LogP contribution is 2.26. The van der Waals surface area contributed by atoms with E-state index in [-0.39, 0.29) is 19.0 Å². The Morgan fingerprint density at radius 3 is 2.70 bits per heavy atom. The lowest BCUT2D eigenvalue weighted by molar-refractivity contribution is 0.300. The van der Waals surface area contributed by atoms with Crippen molar-refractivity contribution in [3.8, 4) is 5.75 Å². The number of ether oxygens (including phenoxy) is 1. The molecule has 2 aromatic heterocycles. The number of nitrogens with two attached hydrogens (primary N) is 1. The van der Waals surface area contributed by atoms with Crippen molar-refractivity contribution in [1.29, 1.82) is 0 Å². The van der Waals surface area contributed by atoms with E-state index in [1.54, 1.807) is 42.6 Å². The van der Waals surface area contributed by atoms with Crippen molar-refractivity contribution in [1.82, 2.24) is 14.7 Å². The van der Waals surface area contributed by atoms with Crippen LogP contribution in [0.3, 0.4) is 0 Å². The van der Waals surface area contributed by atoms with E-state index in [0.29, 0.717) is 29.1 Å². The summed E-state index contributed by atoms with van der Waals surface area (Å²) in [5.74, 6) is 0.0179. The average Bonchev–Trinajstić information content (AvgIpc) is 3.03. The second-order valence-corrected chi connectivity index (χ2v) is 7.90. The van der Waals surface area contributed by atoms with E-state index in [1.807, 2.05) is 6.92 Å². The second kappa shape index (κ2) is 9.06. The molecular formula is C22H27F3N4O. The van der Waals surface area contributed by atoms with Gasteiger partial charge in [0, 0.05) is 30.4 Å². The summed E-state index contributed by atoms with van der Waals surface area (Å²) in [5, 5.41) is 3.13. The minimum Gasteiger partial charge on any atom is -0.485 e. The molecule has 8 heteroatoms. The third-order valence-electron chi connectivity index (χ3n) is 5.05. The van der Waals surface area contributed by atoms with Crippen molar-refractivity contribution in [2.45, 2.75) is 46.1 Å². The Hall–Kier alpha value is -2.58. The number of fused-ring (bicyclic) bond motifs is 1. The Labute approximate surface area is 174 Å². The maximum atomic E-state index is 14.1. The van der Waals surface area contributed by atoms with Gasteiger partial charge in [0.1, 0.15) is 25.8 Å². The summed E-state index contributed by atoms with van der Waals surface area (Å²) in [7, 11) is 0. The molecule has 3 rings (SSSR count). The number of nitrogens with one attached hydrogen (secondary N) is 1. The van der Waals surface area contributed by atoms with Crippen molar-refractivity contribution in [2.75, 3.05) is 13.2 Å². The summed E-state index contributed by atoms with van der Waals surface area (Å²) in [6.45, 7) is 4.59. The summed E-state index contributed by atoms with van der Waals surface area (Å²) in [5.41, 5.74) is 8.53. The Kier molecular flexibility index (Phi) is 6.67. The van der Waals surface area contributed by atoms with E-state index in [2.05, 4.69) is 10.3 Å². The average molecular weight is 420 g/mol. The predicted molar refractivity (Wildman–Crippen MR) is 110 cm³/mol. The van der Waals surface area contributed by atoms with Crippen LogP contribution in [-0.2, 0) is 19.8 Å². The van der Waals surface area contributed by atoms with Gasteiger partial charge < -0.3 is 15.8 Å². The van der Waals surface area contributed by atoms with E-state index in [1.165, 1.54) is 6.07 Å². The molecule has 30 heavy (non-hydrogen) atoms. The monoisotopic (exact) mass is 420 g/mol. The van der Waals surface area contributed by atoms with Gasteiger partial charge in [0.15, 0.2) is 11.4 Å². The van der Waals surface area contributed by atoms with Crippen LogP contribution in [0.25, 0.3) is 5.65 Å². The van der Waals surface area contributed by atoms with Crippen LogP contribution in [0.4, 0.5) is 13.2 Å². The van der Waals surface area contributed by atoms with Gasteiger partial charge in [-0.3, -0.25) is 4.40 Å². The quantitative estimate of drug-likeness (QED) is 0.551. The lowest BCUT2D eigenvalue weighted by Gasteiger charge is -2.21. The van der Waals surface area contributed by atoms with Gasteiger partial charge in [0.05, 0.1) is 16.9 Å². The lowest BCUT2D eigenvalue weighted by atomic mass is 10.1. The van der Waals surface area contributed by atoms with Gasteiger partial charge in [-0.05, 0) is 38.5 Å². The fraction of sp³-hybridized carbons (Fsp3) is 0.409. The van der Waals surface area contributed by atoms with Crippen LogP contribution in [0.15, 0.2) is 30.5 Å². The van der Waals surface area contributed by atoms with Crippen LogP contribution in [0.1, 0.15) is 35.0 Å². The fourth-order valence-corrected chi connectivity index (χ4v) is 3.23. The van der Waals surface area contributed by atoms with Crippen LogP contribution >= 0.6 is 0 Å². The predicted octanol–water partition coefficient (Wildman–Crippen LogP) is 3.92. The first-order valence-electron chi connectivity index (χ1n) is 9.74. The molecular weight excluding hydrogens is 393 g/mol. The largest absolute Gasteiger partial charge is 0.485 e. The Morgan fingerprint density at radius 1 is 1.27 bits per heavy atom. The van der Waals surface area contributed by atoms with Crippen molar-refractivity contribution in [2.24, 2.45) is 5.73 Å². The second-order valence-electron chi connectivity index (χ2n) is 7.90. The molecule has 162 valence electrons. The SMILES string of the molecule is Cc1cccc(F)c1COc1cc(CF)cn2c(CNCC(C)(N)CF)c(C)nc12. The van der Waals surface area contributed by atoms with Crippen LogP contribution in [0.2, 0.25) is 0 Å². The van der Waals surface area contributed by atoms with Crippen LogP contribution in [-0.4, -0.2) is 28.1 Å². The van der Waals surface area contributed by atoms with Gasteiger partial charge in [-0.25, -0.2) is 18.2 Å². The number of rotatable bonds is 9. The van der Waals surface area contributed by atoms with E-state index in [4.69, 9.17) is 10.5 Å². The highest BCUT2D eigenvalue weighted by Gasteiger charge is 2.19. The van der Waals surface area contributed by atoms with Crippen molar-refractivity contribution < 1.29 is 17.9 Å². The number of hydrogen-bond donors (Lipinski definition) is 2. The number of imidazole rings is 1. The van der Waals surface area contributed by atoms with Gasteiger partial charge >= 0.3 is 0 Å². The molecule has 0 aliphatic heterocycles. The van der Waals surface area contributed by atoms with E-state index >= 15 is 0 Å². The molecule has 1 unspecified atom stereocenters. The number of aryl methyl sites for hydroxylation is 2. The van der Waals surface area contributed by atoms with Crippen molar-refractivity contribution in [3.63, 3.8) is 0 Å². The molecule has 0 fully saturated rings. The molecule has 3 aromatic rings. The van der Waals surface area contributed by atoms with Gasteiger partial charge in [-0.15, -0.1) is 0 Å². The van der Waals surface area contributed by atoms with E-state index in [9.17, 15) is 13.2 Å². The van der Waals surface area contributed by atoms with E-state index in [0.717, 1.165) is 17.0 Å². The van der Waals surface area contributed by atoms with Gasteiger partial charge in [0.2, 0.25) is 0 Å². The van der Waals surface area contributed by atoms with Crippen LogP contribution in [0, 0.1) is 19.7 Å². The maximum absolute atomic E-state index is 14.1. The maximum Gasteiger partial charge on any atom is 0.180 e. The molecule has 0 spiro atoms. The van der Waals surface area contributed by atoms with Crippen LogP contribution < -0.4 is 15.8 Å². The number of hydrogen-bond acceptors (Lipinski definition) is 4. The molecule has 0 aliphatic rings. The molecule has 0 saturated heterocycles. The number of pyridine rings is 1. The molecule has 3 N–H and O–H groups in total. The van der Waals surface area contributed by atoms with Gasteiger partial charge in [0.25, 0.3) is 0 Å². The minimum absolute atomic E-state index is 0.00538. The molecule has 0 aliphatic carbocycles. The molecule has 0 radical (unpaired) electrons. The third kappa shape index (κ3) is 4.76. The molecule has 2 heterocycles. The fourth-order valence-electron chi connectivity index (χ4n) is 3.23. The summed E-state index contributed by atoms with van der Waals surface area (Å²) < 4.78 is 48.2. The summed E-state index contributed by atoms with van der Waals surface area (Å²) in [6, 6.07) is 6.41.